The second kappa shape index (κ2) is 2.90. The Labute approximate surface area is 56.4 Å². The number of hydrogen-bond donors (Lipinski definition) is 0. The summed E-state index contributed by atoms with van der Waals surface area (Å²) in [6.45, 7) is 1.67. The van der Waals surface area contributed by atoms with Crippen molar-refractivity contribution < 1.29 is 4.79 Å². The lowest BCUT2D eigenvalue weighted by Crippen LogP contribution is -1.97. The predicted molar refractivity (Wildman–Crippen MR) is 37.0 cm³/mol. The van der Waals surface area contributed by atoms with Crippen LogP contribution in [0.1, 0.15) is 39.0 Å². The molecule has 50 valence electrons. The lowest BCUT2D eigenvalue weighted by Gasteiger charge is -1.91. The number of carbonyl (C=O) groups excluding carboxylic acids is 1. The lowest BCUT2D eigenvalue weighted by molar-refractivity contribution is -0.116. The van der Waals surface area contributed by atoms with Crippen LogP contribution in [-0.4, -0.2) is 5.78 Å². The molecule has 0 aromatic heterocycles. The highest BCUT2D eigenvalue weighted by Gasteiger charge is 2.26. The van der Waals surface area contributed by atoms with E-state index in [4.69, 9.17) is 0 Å². The molecule has 0 heterocycles. The van der Waals surface area contributed by atoms with Gasteiger partial charge in [-0.25, -0.2) is 0 Å². The molecule has 0 atom stereocenters. The predicted octanol–water partition coefficient (Wildman–Crippen LogP) is 2.11. The summed E-state index contributed by atoms with van der Waals surface area (Å²) in [7, 11) is 0. The van der Waals surface area contributed by atoms with E-state index in [9.17, 15) is 4.79 Å². The van der Waals surface area contributed by atoms with Crippen LogP contribution in [0.15, 0.2) is 0 Å². The van der Waals surface area contributed by atoms with Crippen molar-refractivity contribution in [3.05, 3.63) is 5.92 Å². The highest BCUT2D eigenvalue weighted by Crippen LogP contribution is 2.29. The van der Waals surface area contributed by atoms with Gasteiger partial charge in [0.15, 0.2) is 5.78 Å². The number of carbonyl (C=O) groups is 1. The summed E-state index contributed by atoms with van der Waals surface area (Å²) in [4.78, 5) is 10.6. The van der Waals surface area contributed by atoms with Crippen molar-refractivity contribution in [3.63, 3.8) is 0 Å². The van der Waals surface area contributed by atoms with Crippen molar-refractivity contribution in [2.75, 3.05) is 0 Å². The summed E-state index contributed by atoms with van der Waals surface area (Å²) < 4.78 is 0. The van der Waals surface area contributed by atoms with Crippen LogP contribution < -0.4 is 0 Å². The maximum atomic E-state index is 10.6. The van der Waals surface area contributed by atoms with E-state index in [1.807, 2.05) is 0 Å². The molecule has 1 rings (SSSR count). The average molecular weight is 125 g/mol. The number of rotatable bonds is 2. The van der Waals surface area contributed by atoms with Gasteiger partial charge in [0, 0.05) is 0 Å². The van der Waals surface area contributed by atoms with E-state index in [0.29, 0.717) is 5.78 Å². The summed E-state index contributed by atoms with van der Waals surface area (Å²) in [5.74, 6) is 1.80. The first kappa shape index (κ1) is 6.66. The molecule has 0 amide bonds. The molecular formula is C8H13O+. The van der Waals surface area contributed by atoms with Crippen molar-refractivity contribution in [2.45, 2.75) is 39.0 Å². The quantitative estimate of drug-likeness (QED) is 0.516. The van der Waals surface area contributed by atoms with Gasteiger partial charge in [-0.15, -0.1) is 0 Å². The van der Waals surface area contributed by atoms with Crippen molar-refractivity contribution in [3.8, 4) is 0 Å². The Kier molecular flexibility index (Phi) is 2.15. The fraction of sp³-hybridized carbons (Fsp3) is 0.750. The molecule has 1 fully saturated rings. The highest BCUT2D eigenvalue weighted by atomic mass is 16.1. The minimum atomic E-state index is 0.326. The molecule has 0 spiro atoms. The Morgan fingerprint density at radius 2 is 2.00 bits per heavy atom. The Morgan fingerprint density at radius 3 is 2.44 bits per heavy atom. The van der Waals surface area contributed by atoms with Crippen LogP contribution in [0.2, 0.25) is 0 Å². The third-order valence-corrected chi connectivity index (χ3v) is 1.81. The molecular weight excluding hydrogens is 112 g/mol. The standard InChI is InChI=1S/C8H13O/c1-7(9)6-8-4-2-3-5-8/h2-6H2,1H3/q+1. The lowest BCUT2D eigenvalue weighted by atomic mass is 10.0. The van der Waals surface area contributed by atoms with E-state index in [1.165, 1.54) is 31.6 Å². The van der Waals surface area contributed by atoms with Crippen LogP contribution in [0.25, 0.3) is 0 Å². The minimum Gasteiger partial charge on any atom is -0.295 e. The first-order chi connectivity index (χ1) is 4.29. The van der Waals surface area contributed by atoms with E-state index in [-0.39, 0.29) is 0 Å². The summed E-state index contributed by atoms with van der Waals surface area (Å²) in [6, 6.07) is 0. The van der Waals surface area contributed by atoms with Crippen LogP contribution in [-0.2, 0) is 4.79 Å². The third kappa shape index (κ3) is 2.08. The zero-order valence-electron chi connectivity index (χ0n) is 5.94. The Balaban J connectivity index is 2.19. The molecule has 1 nitrogen and oxygen atoms in total. The smallest absolute Gasteiger partial charge is 0.174 e. The van der Waals surface area contributed by atoms with Gasteiger partial charge in [-0.2, -0.15) is 0 Å². The molecule has 0 bridgehead atoms. The summed E-state index contributed by atoms with van der Waals surface area (Å²) in [6.07, 6.45) is 5.78. The third-order valence-electron chi connectivity index (χ3n) is 1.81. The molecule has 1 saturated carbocycles. The van der Waals surface area contributed by atoms with E-state index in [0.717, 1.165) is 6.42 Å². The summed E-state index contributed by atoms with van der Waals surface area (Å²) in [5, 5.41) is 0. The largest absolute Gasteiger partial charge is 0.295 e. The normalized spacial score (nSPS) is 18.6. The van der Waals surface area contributed by atoms with Gasteiger partial charge in [0.05, 0.1) is 18.8 Å². The molecule has 9 heavy (non-hydrogen) atoms. The number of ketones is 1. The minimum absolute atomic E-state index is 0.326. The van der Waals surface area contributed by atoms with E-state index < -0.39 is 0 Å². The molecule has 0 aromatic carbocycles. The first-order valence-corrected chi connectivity index (χ1v) is 3.62. The zero-order chi connectivity index (χ0) is 6.69. The van der Waals surface area contributed by atoms with Gasteiger partial charge in [0.1, 0.15) is 6.42 Å². The Morgan fingerprint density at radius 1 is 1.44 bits per heavy atom. The molecule has 0 saturated heterocycles. The Bertz CT molecular complexity index is 101. The molecule has 0 radical (unpaired) electrons. The van der Waals surface area contributed by atoms with Crippen LogP contribution >= 0.6 is 0 Å². The van der Waals surface area contributed by atoms with Gasteiger partial charge in [-0.1, -0.05) is 0 Å². The van der Waals surface area contributed by atoms with Crippen LogP contribution in [0.4, 0.5) is 0 Å². The number of Topliss-reactive ketones (excluding diaryl/α,β-unsaturated/α-hetero) is 1. The van der Waals surface area contributed by atoms with Crippen LogP contribution in [0, 0.1) is 5.92 Å². The molecule has 1 aliphatic carbocycles. The molecule has 0 aliphatic heterocycles. The van der Waals surface area contributed by atoms with Crippen LogP contribution in [0.3, 0.4) is 0 Å². The second-order valence-corrected chi connectivity index (χ2v) is 2.84. The van der Waals surface area contributed by atoms with Crippen LogP contribution in [0.5, 0.6) is 0 Å². The second-order valence-electron chi connectivity index (χ2n) is 2.84. The monoisotopic (exact) mass is 125 g/mol. The maximum Gasteiger partial charge on any atom is 0.174 e. The van der Waals surface area contributed by atoms with Gasteiger partial charge in [0.2, 0.25) is 0 Å². The van der Waals surface area contributed by atoms with Crippen molar-refractivity contribution in [1.29, 1.82) is 0 Å². The number of hydrogen-bond acceptors (Lipinski definition) is 1. The fourth-order valence-corrected chi connectivity index (χ4v) is 1.40. The van der Waals surface area contributed by atoms with Gasteiger partial charge in [-0.05, 0) is 19.8 Å². The van der Waals surface area contributed by atoms with Crippen molar-refractivity contribution in [2.24, 2.45) is 0 Å². The molecule has 0 N–H and O–H groups in total. The molecule has 0 aromatic rings. The zero-order valence-corrected chi connectivity index (χ0v) is 5.94. The van der Waals surface area contributed by atoms with Gasteiger partial charge >= 0.3 is 0 Å². The summed E-state index contributed by atoms with van der Waals surface area (Å²) in [5.41, 5.74) is 0. The van der Waals surface area contributed by atoms with E-state index >= 15 is 0 Å². The Hall–Kier alpha value is -0.460. The fourth-order valence-electron chi connectivity index (χ4n) is 1.40. The molecule has 1 aliphatic rings. The molecule has 1 heteroatoms. The van der Waals surface area contributed by atoms with Gasteiger partial charge in [0.25, 0.3) is 0 Å². The van der Waals surface area contributed by atoms with Crippen molar-refractivity contribution in [1.82, 2.24) is 0 Å². The van der Waals surface area contributed by atoms with Crippen molar-refractivity contribution >= 4 is 5.78 Å². The van der Waals surface area contributed by atoms with Gasteiger partial charge < -0.3 is 0 Å². The topological polar surface area (TPSA) is 17.1 Å². The average Bonchev–Trinajstić information content (AvgIpc) is 2.15. The maximum absolute atomic E-state index is 10.6. The highest BCUT2D eigenvalue weighted by molar-refractivity contribution is 5.77. The van der Waals surface area contributed by atoms with E-state index in [2.05, 4.69) is 0 Å². The SMILES string of the molecule is CC(=O)C[C+]1CCCC1. The van der Waals surface area contributed by atoms with Gasteiger partial charge in [-0.3, -0.25) is 4.79 Å². The van der Waals surface area contributed by atoms with E-state index in [1.54, 1.807) is 6.92 Å². The first-order valence-electron chi connectivity index (χ1n) is 3.62. The summed E-state index contributed by atoms with van der Waals surface area (Å²) >= 11 is 0. The molecule has 0 unspecified atom stereocenters.